The standard InChI is InChI=1S/C19H18ClNO3/c1-12(2)14-5-3-13(4-6-14)11-17(19(23)24)21-18(22)15-7-9-16(20)10-8-15/h3-12H,1-2H3,(H,21,22)(H,23,24)/p-1/b17-11+. The van der Waals surface area contributed by atoms with E-state index in [1.807, 2.05) is 12.1 Å². The SMILES string of the molecule is CC(C)c1ccc(/C=C(/NC(=O)c2ccc(Cl)cc2)C(=O)[O-])cc1. The van der Waals surface area contributed by atoms with Gasteiger partial charge in [-0.15, -0.1) is 0 Å². The van der Waals surface area contributed by atoms with E-state index in [2.05, 4.69) is 19.2 Å². The minimum absolute atomic E-state index is 0.299. The Kier molecular flexibility index (Phi) is 5.77. The maximum absolute atomic E-state index is 12.1. The number of hydrogen-bond donors (Lipinski definition) is 1. The topological polar surface area (TPSA) is 69.2 Å². The number of aliphatic carboxylic acids is 1. The molecule has 0 atom stereocenters. The monoisotopic (exact) mass is 342 g/mol. The molecule has 1 N–H and O–H groups in total. The fraction of sp³-hybridized carbons (Fsp3) is 0.158. The van der Waals surface area contributed by atoms with E-state index in [-0.39, 0.29) is 5.70 Å². The minimum atomic E-state index is -1.45. The number of carboxylic acids is 1. The van der Waals surface area contributed by atoms with Gasteiger partial charge in [-0.2, -0.15) is 0 Å². The normalized spacial score (nSPS) is 11.4. The predicted octanol–water partition coefficient (Wildman–Crippen LogP) is 2.98. The van der Waals surface area contributed by atoms with Gasteiger partial charge in [-0.1, -0.05) is 49.7 Å². The lowest BCUT2D eigenvalue weighted by atomic mass is 10.0. The molecule has 0 spiro atoms. The van der Waals surface area contributed by atoms with Crippen LogP contribution in [0.3, 0.4) is 0 Å². The van der Waals surface area contributed by atoms with Gasteiger partial charge in [-0.25, -0.2) is 0 Å². The average molecular weight is 343 g/mol. The first-order chi connectivity index (χ1) is 11.4. The summed E-state index contributed by atoms with van der Waals surface area (Å²) in [7, 11) is 0. The number of hydrogen-bond acceptors (Lipinski definition) is 3. The highest BCUT2D eigenvalue weighted by molar-refractivity contribution is 6.30. The van der Waals surface area contributed by atoms with Crippen LogP contribution in [0.15, 0.2) is 54.2 Å². The van der Waals surface area contributed by atoms with Crippen molar-refractivity contribution in [2.45, 2.75) is 19.8 Å². The van der Waals surface area contributed by atoms with Crippen molar-refractivity contribution >= 4 is 29.6 Å². The van der Waals surface area contributed by atoms with Gasteiger partial charge in [0.2, 0.25) is 0 Å². The van der Waals surface area contributed by atoms with Crippen LogP contribution in [0.1, 0.15) is 41.3 Å². The Morgan fingerprint density at radius 1 is 1.04 bits per heavy atom. The molecule has 4 nitrogen and oxygen atoms in total. The summed E-state index contributed by atoms with van der Waals surface area (Å²) in [6, 6.07) is 13.6. The van der Waals surface area contributed by atoms with Gasteiger partial charge in [-0.3, -0.25) is 4.79 Å². The number of carbonyl (C=O) groups excluding carboxylic acids is 2. The molecule has 2 aromatic rings. The lowest BCUT2D eigenvalue weighted by Gasteiger charge is -2.12. The smallest absolute Gasteiger partial charge is 0.255 e. The van der Waals surface area contributed by atoms with E-state index in [1.54, 1.807) is 24.3 Å². The Hall–Kier alpha value is -2.59. The third-order valence-electron chi connectivity index (χ3n) is 3.49. The third-order valence-corrected chi connectivity index (χ3v) is 3.74. The molecule has 0 saturated heterocycles. The van der Waals surface area contributed by atoms with Crippen LogP contribution in [-0.2, 0) is 4.79 Å². The fourth-order valence-electron chi connectivity index (χ4n) is 2.09. The summed E-state index contributed by atoms with van der Waals surface area (Å²) in [5, 5.41) is 14.1. The zero-order valence-electron chi connectivity index (χ0n) is 13.4. The summed E-state index contributed by atoms with van der Waals surface area (Å²) in [5.41, 5.74) is 1.82. The molecule has 0 heterocycles. The van der Waals surface area contributed by atoms with Gasteiger partial charge >= 0.3 is 0 Å². The molecule has 0 aliphatic rings. The summed E-state index contributed by atoms with van der Waals surface area (Å²) in [6.45, 7) is 4.15. The molecule has 0 aliphatic carbocycles. The number of carboxylic acid groups (broad SMARTS) is 1. The quantitative estimate of drug-likeness (QED) is 0.849. The van der Waals surface area contributed by atoms with E-state index in [0.717, 1.165) is 5.56 Å². The highest BCUT2D eigenvalue weighted by Crippen LogP contribution is 2.16. The summed E-state index contributed by atoms with van der Waals surface area (Å²) in [4.78, 5) is 23.4. The third kappa shape index (κ3) is 4.70. The van der Waals surface area contributed by atoms with E-state index in [4.69, 9.17) is 11.6 Å². The van der Waals surface area contributed by atoms with Gasteiger partial charge in [0, 0.05) is 10.6 Å². The van der Waals surface area contributed by atoms with Crippen LogP contribution in [0.2, 0.25) is 5.02 Å². The van der Waals surface area contributed by atoms with E-state index >= 15 is 0 Å². The second-order valence-electron chi connectivity index (χ2n) is 5.63. The predicted molar refractivity (Wildman–Crippen MR) is 92.4 cm³/mol. The maximum Gasteiger partial charge on any atom is 0.255 e. The molecular formula is C19H17ClNO3-. The lowest BCUT2D eigenvalue weighted by Crippen LogP contribution is -2.35. The van der Waals surface area contributed by atoms with Crippen molar-refractivity contribution < 1.29 is 14.7 Å². The van der Waals surface area contributed by atoms with Crippen LogP contribution in [0.4, 0.5) is 0 Å². The molecule has 2 aromatic carbocycles. The number of amides is 1. The Bertz CT molecular complexity index is 762. The summed E-state index contributed by atoms with van der Waals surface area (Å²) in [5.74, 6) is -1.61. The largest absolute Gasteiger partial charge is 0.543 e. The van der Waals surface area contributed by atoms with Crippen molar-refractivity contribution in [1.82, 2.24) is 5.32 Å². The molecular weight excluding hydrogens is 326 g/mol. The number of benzene rings is 2. The number of halogens is 1. The summed E-state index contributed by atoms with van der Waals surface area (Å²) in [6.07, 6.45) is 1.37. The minimum Gasteiger partial charge on any atom is -0.543 e. The first-order valence-electron chi connectivity index (χ1n) is 7.46. The molecule has 0 saturated carbocycles. The van der Waals surface area contributed by atoms with Crippen LogP contribution in [0, 0.1) is 0 Å². The molecule has 0 bridgehead atoms. The highest BCUT2D eigenvalue weighted by atomic mass is 35.5. The first kappa shape index (κ1) is 17.8. The van der Waals surface area contributed by atoms with Gasteiger partial charge in [-0.05, 0) is 47.4 Å². The second-order valence-corrected chi connectivity index (χ2v) is 6.06. The zero-order chi connectivity index (χ0) is 17.7. The first-order valence-corrected chi connectivity index (χ1v) is 7.84. The van der Waals surface area contributed by atoms with Gasteiger partial charge < -0.3 is 15.2 Å². The molecule has 124 valence electrons. The molecule has 0 aromatic heterocycles. The molecule has 1 amide bonds. The molecule has 0 fully saturated rings. The average Bonchev–Trinajstić information content (AvgIpc) is 2.55. The van der Waals surface area contributed by atoms with Gasteiger partial charge in [0.15, 0.2) is 0 Å². The van der Waals surface area contributed by atoms with Gasteiger partial charge in [0.05, 0.1) is 11.7 Å². The van der Waals surface area contributed by atoms with Crippen LogP contribution in [0.25, 0.3) is 6.08 Å². The van der Waals surface area contributed by atoms with Crippen molar-refractivity contribution in [1.29, 1.82) is 0 Å². The summed E-state index contributed by atoms with van der Waals surface area (Å²) < 4.78 is 0. The zero-order valence-corrected chi connectivity index (χ0v) is 14.1. The van der Waals surface area contributed by atoms with E-state index < -0.39 is 11.9 Å². The van der Waals surface area contributed by atoms with Gasteiger partial charge in [0.1, 0.15) is 0 Å². The fourth-order valence-corrected chi connectivity index (χ4v) is 2.21. The van der Waals surface area contributed by atoms with Crippen molar-refractivity contribution in [3.8, 4) is 0 Å². The number of rotatable bonds is 5. The molecule has 5 heteroatoms. The Morgan fingerprint density at radius 2 is 1.62 bits per heavy atom. The molecule has 2 rings (SSSR count). The highest BCUT2D eigenvalue weighted by Gasteiger charge is 2.09. The van der Waals surface area contributed by atoms with Crippen molar-refractivity contribution in [3.63, 3.8) is 0 Å². The van der Waals surface area contributed by atoms with Crippen LogP contribution >= 0.6 is 11.6 Å². The van der Waals surface area contributed by atoms with Crippen LogP contribution < -0.4 is 10.4 Å². The lowest BCUT2D eigenvalue weighted by molar-refractivity contribution is -0.299. The summed E-state index contributed by atoms with van der Waals surface area (Å²) >= 11 is 5.77. The maximum atomic E-state index is 12.1. The van der Waals surface area contributed by atoms with Crippen molar-refractivity contribution in [2.24, 2.45) is 0 Å². The van der Waals surface area contributed by atoms with E-state index in [0.29, 0.717) is 22.1 Å². The van der Waals surface area contributed by atoms with E-state index in [9.17, 15) is 14.7 Å². The Morgan fingerprint density at radius 3 is 2.12 bits per heavy atom. The molecule has 0 aliphatic heterocycles. The molecule has 0 unspecified atom stereocenters. The van der Waals surface area contributed by atoms with Gasteiger partial charge in [0.25, 0.3) is 5.91 Å². The Balaban J connectivity index is 2.20. The van der Waals surface area contributed by atoms with Crippen molar-refractivity contribution in [2.75, 3.05) is 0 Å². The second kappa shape index (κ2) is 7.79. The number of nitrogens with one attached hydrogen (secondary N) is 1. The van der Waals surface area contributed by atoms with Crippen LogP contribution in [-0.4, -0.2) is 11.9 Å². The van der Waals surface area contributed by atoms with Crippen molar-refractivity contribution in [3.05, 3.63) is 75.9 Å². The number of carbonyl (C=O) groups is 2. The Labute approximate surface area is 145 Å². The van der Waals surface area contributed by atoms with E-state index in [1.165, 1.54) is 18.2 Å². The van der Waals surface area contributed by atoms with Crippen LogP contribution in [0.5, 0.6) is 0 Å². The molecule has 24 heavy (non-hydrogen) atoms. The molecule has 0 radical (unpaired) electrons.